The monoisotopic (exact) mass is 423 g/mol. The highest BCUT2D eigenvalue weighted by Crippen LogP contribution is 2.24. The number of ether oxygens (including phenoxy) is 2. The predicted molar refractivity (Wildman–Crippen MR) is 121 cm³/mol. The second-order valence-corrected chi connectivity index (χ2v) is 7.82. The number of rotatable bonds is 7. The zero-order chi connectivity index (χ0) is 21.7. The van der Waals surface area contributed by atoms with E-state index in [1.807, 2.05) is 63.2 Å². The van der Waals surface area contributed by atoms with Crippen LogP contribution >= 0.6 is 11.6 Å². The van der Waals surface area contributed by atoms with Gasteiger partial charge in [-0.05, 0) is 79.9 Å². The summed E-state index contributed by atoms with van der Waals surface area (Å²) in [6.45, 7) is 6.31. The topological polar surface area (TPSA) is 47.6 Å². The highest BCUT2D eigenvalue weighted by Gasteiger charge is 2.14. The Labute approximate surface area is 182 Å². The second-order valence-electron chi connectivity index (χ2n) is 7.39. The fraction of sp³-hybridized carbons (Fsp3) is 0.240. The van der Waals surface area contributed by atoms with Gasteiger partial charge in [0.25, 0.3) is 5.91 Å². The van der Waals surface area contributed by atoms with Gasteiger partial charge in [-0.3, -0.25) is 4.79 Å². The first-order valence-corrected chi connectivity index (χ1v) is 10.2. The molecule has 0 unspecified atom stereocenters. The molecule has 0 bridgehead atoms. The number of halogens is 1. The zero-order valence-electron chi connectivity index (χ0n) is 17.7. The smallest absolute Gasteiger partial charge is 0.251 e. The van der Waals surface area contributed by atoms with Crippen LogP contribution in [-0.4, -0.2) is 13.0 Å². The molecule has 0 heterocycles. The van der Waals surface area contributed by atoms with Gasteiger partial charge in [-0.1, -0.05) is 29.8 Å². The molecule has 1 atom stereocenters. The van der Waals surface area contributed by atoms with Gasteiger partial charge in [0, 0.05) is 16.1 Å². The fourth-order valence-electron chi connectivity index (χ4n) is 3.32. The molecular formula is C25H26ClNO3. The zero-order valence-corrected chi connectivity index (χ0v) is 18.4. The van der Waals surface area contributed by atoms with Gasteiger partial charge >= 0.3 is 0 Å². The van der Waals surface area contributed by atoms with Gasteiger partial charge in [-0.2, -0.15) is 0 Å². The Morgan fingerprint density at radius 1 is 1.00 bits per heavy atom. The number of nitrogens with one attached hydrogen (secondary N) is 1. The molecule has 1 amide bonds. The highest BCUT2D eigenvalue weighted by atomic mass is 35.5. The average Bonchev–Trinajstić information content (AvgIpc) is 2.71. The average molecular weight is 424 g/mol. The summed E-state index contributed by atoms with van der Waals surface area (Å²) in [6, 6.07) is 18.7. The van der Waals surface area contributed by atoms with Gasteiger partial charge in [-0.15, -0.1) is 0 Å². The molecule has 30 heavy (non-hydrogen) atoms. The van der Waals surface area contributed by atoms with Crippen molar-refractivity contribution in [3.8, 4) is 11.5 Å². The molecule has 156 valence electrons. The third kappa shape index (κ3) is 5.55. The first-order valence-electron chi connectivity index (χ1n) is 9.80. The summed E-state index contributed by atoms with van der Waals surface area (Å²) in [4.78, 5) is 12.8. The van der Waals surface area contributed by atoms with Crippen LogP contribution in [0.1, 0.15) is 45.6 Å². The van der Waals surface area contributed by atoms with Crippen molar-refractivity contribution in [3.05, 3.63) is 93.5 Å². The van der Waals surface area contributed by atoms with E-state index in [4.69, 9.17) is 21.1 Å². The van der Waals surface area contributed by atoms with Crippen molar-refractivity contribution in [2.24, 2.45) is 0 Å². The van der Waals surface area contributed by atoms with Crippen molar-refractivity contribution in [1.82, 2.24) is 5.32 Å². The first kappa shape index (κ1) is 21.7. The van der Waals surface area contributed by atoms with Crippen molar-refractivity contribution >= 4 is 17.5 Å². The normalized spacial score (nSPS) is 11.6. The van der Waals surface area contributed by atoms with Crippen LogP contribution in [0.4, 0.5) is 0 Å². The highest BCUT2D eigenvalue weighted by molar-refractivity contribution is 6.30. The Balaban J connectivity index is 1.74. The van der Waals surface area contributed by atoms with E-state index in [-0.39, 0.29) is 11.9 Å². The molecule has 1 N–H and O–H groups in total. The molecule has 3 aromatic rings. The van der Waals surface area contributed by atoms with E-state index in [2.05, 4.69) is 11.4 Å². The van der Waals surface area contributed by atoms with Gasteiger partial charge in [0.2, 0.25) is 0 Å². The molecule has 4 nitrogen and oxygen atoms in total. The van der Waals surface area contributed by atoms with Crippen LogP contribution in [-0.2, 0) is 6.61 Å². The van der Waals surface area contributed by atoms with Gasteiger partial charge in [0.05, 0.1) is 13.2 Å². The van der Waals surface area contributed by atoms with Crippen molar-refractivity contribution in [2.45, 2.75) is 33.4 Å². The summed E-state index contributed by atoms with van der Waals surface area (Å²) in [5.74, 6) is 1.31. The lowest BCUT2D eigenvalue weighted by molar-refractivity contribution is 0.0939. The minimum absolute atomic E-state index is 0.146. The number of methoxy groups -OCH3 is 1. The summed E-state index contributed by atoms with van der Waals surface area (Å²) in [5.41, 5.74) is 4.63. The Kier molecular flexibility index (Phi) is 7.01. The Morgan fingerprint density at radius 2 is 1.67 bits per heavy atom. The molecule has 5 heteroatoms. The maximum Gasteiger partial charge on any atom is 0.251 e. The van der Waals surface area contributed by atoms with E-state index in [1.54, 1.807) is 19.2 Å². The number of amides is 1. The van der Waals surface area contributed by atoms with Crippen LogP contribution in [0, 0.1) is 13.8 Å². The molecule has 3 rings (SSSR count). The molecule has 0 aliphatic carbocycles. The van der Waals surface area contributed by atoms with Crippen LogP contribution < -0.4 is 14.8 Å². The number of hydrogen-bond acceptors (Lipinski definition) is 3. The van der Waals surface area contributed by atoms with E-state index in [0.29, 0.717) is 22.9 Å². The minimum atomic E-state index is -0.159. The molecule has 0 saturated heterocycles. The second kappa shape index (κ2) is 9.68. The maximum absolute atomic E-state index is 12.8. The summed E-state index contributed by atoms with van der Waals surface area (Å²) in [6.07, 6.45) is 0. The summed E-state index contributed by atoms with van der Waals surface area (Å²) >= 11 is 5.94. The number of hydrogen-bond donors (Lipinski definition) is 1. The molecule has 0 radical (unpaired) electrons. The Hall–Kier alpha value is -2.98. The van der Waals surface area contributed by atoms with Crippen LogP contribution in [0.3, 0.4) is 0 Å². The van der Waals surface area contributed by atoms with Crippen LogP contribution in [0.2, 0.25) is 5.02 Å². The number of benzene rings is 3. The van der Waals surface area contributed by atoms with E-state index >= 15 is 0 Å². The van der Waals surface area contributed by atoms with E-state index in [0.717, 1.165) is 28.0 Å². The fourth-order valence-corrected chi connectivity index (χ4v) is 3.45. The molecule has 0 aliphatic rings. The SMILES string of the molecule is COc1ccc(C(=O)N[C@H](C)c2ccc(Cl)cc2)cc1COc1cc(C)cc(C)c1. The summed E-state index contributed by atoms with van der Waals surface area (Å²) in [7, 11) is 1.61. The van der Waals surface area contributed by atoms with E-state index < -0.39 is 0 Å². The molecule has 3 aromatic carbocycles. The number of carbonyl (C=O) groups is 1. The maximum atomic E-state index is 12.8. The molecular weight excluding hydrogens is 398 g/mol. The number of aryl methyl sites for hydroxylation is 2. The van der Waals surface area contributed by atoms with Crippen molar-refractivity contribution in [1.29, 1.82) is 0 Å². The van der Waals surface area contributed by atoms with Gasteiger partial charge in [-0.25, -0.2) is 0 Å². The quantitative estimate of drug-likeness (QED) is 0.504. The standard InChI is InChI=1S/C25H26ClNO3/c1-16-11-17(2)13-23(12-16)30-15-21-14-20(7-10-24(21)29-4)25(28)27-18(3)19-5-8-22(26)9-6-19/h5-14,18H,15H2,1-4H3,(H,27,28)/t18-/m1/s1. The Bertz CT molecular complexity index is 1010. The summed E-state index contributed by atoms with van der Waals surface area (Å²) < 4.78 is 11.4. The molecule has 0 aromatic heterocycles. The lowest BCUT2D eigenvalue weighted by atomic mass is 10.1. The third-order valence-electron chi connectivity index (χ3n) is 4.85. The van der Waals surface area contributed by atoms with Crippen LogP contribution in [0.15, 0.2) is 60.7 Å². The first-order chi connectivity index (χ1) is 14.4. The Morgan fingerprint density at radius 3 is 2.30 bits per heavy atom. The van der Waals surface area contributed by atoms with E-state index in [9.17, 15) is 4.79 Å². The minimum Gasteiger partial charge on any atom is -0.496 e. The number of carbonyl (C=O) groups excluding carboxylic acids is 1. The van der Waals surface area contributed by atoms with Gasteiger partial charge < -0.3 is 14.8 Å². The largest absolute Gasteiger partial charge is 0.496 e. The van der Waals surface area contributed by atoms with Crippen molar-refractivity contribution in [3.63, 3.8) is 0 Å². The predicted octanol–water partition coefficient (Wildman–Crippen LogP) is 6.04. The molecule has 0 saturated carbocycles. The summed E-state index contributed by atoms with van der Waals surface area (Å²) in [5, 5.41) is 3.69. The van der Waals surface area contributed by atoms with E-state index in [1.165, 1.54) is 0 Å². The van der Waals surface area contributed by atoms with Gasteiger partial charge in [0.1, 0.15) is 18.1 Å². The molecule has 0 aliphatic heterocycles. The van der Waals surface area contributed by atoms with Gasteiger partial charge in [0.15, 0.2) is 0 Å². The lowest BCUT2D eigenvalue weighted by Crippen LogP contribution is -2.26. The van der Waals surface area contributed by atoms with Crippen molar-refractivity contribution in [2.75, 3.05) is 7.11 Å². The molecule has 0 fully saturated rings. The van der Waals surface area contributed by atoms with Crippen LogP contribution in [0.5, 0.6) is 11.5 Å². The van der Waals surface area contributed by atoms with Crippen LogP contribution in [0.25, 0.3) is 0 Å². The third-order valence-corrected chi connectivity index (χ3v) is 5.10. The van der Waals surface area contributed by atoms with Crippen molar-refractivity contribution < 1.29 is 14.3 Å². The lowest BCUT2D eigenvalue weighted by Gasteiger charge is -2.16. The molecule has 0 spiro atoms.